The van der Waals surface area contributed by atoms with Crippen LogP contribution in [-0.2, 0) is 6.54 Å². The summed E-state index contributed by atoms with van der Waals surface area (Å²) < 4.78 is 3.41. The highest BCUT2D eigenvalue weighted by atomic mass is 79.9. The van der Waals surface area contributed by atoms with Crippen molar-refractivity contribution in [2.45, 2.75) is 33.4 Å². The van der Waals surface area contributed by atoms with Crippen LogP contribution in [0.1, 0.15) is 19.7 Å². The highest BCUT2D eigenvalue weighted by Crippen LogP contribution is 2.25. The van der Waals surface area contributed by atoms with Crippen molar-refractivity contribution in [3.8, 4) is 0 Å². The maximum atomic E-state index is 12.6. The molecule has 4 nitrogen and oxygen atoms in total. The summed E-state index contributed by atoms with van der Waals surface area (Å²) in [6, 6.07) is 4.13. The maximum Gasteiger partial charge on any atom is 0.261 e. The van der Waals surface area contributed by atoms with Gasteiger partial charge in [-0.15, -0.1) is 0 Å². The summed E-state index contributed by atoms with van der Waals surface area (Å²) in [6.45, 7) is 7.41. The van der Waals surface area contributed by atoms with Crippen LogP contribution in [0, 0.1) is 6.92 Å². The number of hydrogen-bond donors (Lipinski definition) is 1. The molecule has 1 N–H and O–H groups in total. The van der Waals surface area contributed by atoms with Gasteiger partial charge in [-0.1, -0.05) is 29.8 Å². The average molecular weight is 403 g/mol. The second-order valence-electron chi connectivity index (χ2n) is 5.01. The monoisotopic (exact) mass is 401 g/mol. The number of aromatic nitrogens is 2. The van der Waals surface area contributed by atoms with Gasteiger partial charge in [0.05, 0.1) is 10.9 Å². The summed E-state index contributed by atoms with van der Waals surface area (Å²) in [6.07, 6.45) is 0. The molecular formula is C14H17Br2N3O. The van der Waals surface area contributed by atoms with Crippen LogP contribution in [0.4, 0.5) is 0 Å². The van der Waals surface area contributed by atoms with Crippen LogP contribution >= 0.6 is 31.9 Å². The molecular weight excluding hydrogens is 386 g/mol. The van der Waals surface area contributed by atoms with Crippen LogP contribution in [0.5, 0.6) is 0 Å². The van der Waals surface area contributed by atoms with Crippen molar-refractivity contribution >= 4 is 42.8 Å². The van der Waals surface area contributed by atoms with Gasteiger partial charge in [0.25, 0.3) is 5.56 Å². The molecule has 0 unspecified atom stereocenters. The number of halogens is 2. The summed E-state index contributed by atoms with van der Waals surface area (Å²) in [5, 5.41) is 3.94. The van der Waals surface area contributed by atoms with E-state index in [1.165, 1.54) is 0 Å². The van der Waals surface area contributed by atoms with Crippen LogP contribution < -0.4 is 10.9 Å². The standard InChI is InChI=1S/C14H17Br2N3O/c1-8(2)17-4-5-19-9(3)18-13-11(14(19)20)6-10(15)7-12(13)16/h6-8,17H,4-5H2,1-3H3. The lowest BCUT2D eigenvalue weighted by Crippen LogP contribution is -2.32. The molecule has 1 aromatic carbocycles. The zero-order valence-electron chi connectivity index (χ0n) is 11.7. The van der Waals surface area contributed by atoms with Gasteiger partial charge in [-0.3, -0.25) is 9.36 Å². The fourth-order valence-electron chi connectivity index (χ4n) is 2.09. The number of benzene rings is 1. The first-order chi connectivity index (χ1) is 9.40. The second kappa shape index (κ2) is 6.37. The Morgan fingerprint density at radius 2 is 2.05 bits per heavy atom. The highest BCUT2D eigenvalue weighted by molar-refractivity contribution is 9.11. The predicted molar refractivity (Wildman–Crippen MR) is 89.3 cm³/mol. The molecule has 108 valence electrons. The van der Waals surface area contributed by atoms with Gasteiger partial charge in [0.1, 0.15) is 5.82 Å². The normalized spacial score (nSPS) is 11.5. The Morgan fingerprint density at radius 1 is 1.35 bits per heavy atom. The van der Waals surface area contributed by atoms with Gasteiger partial charge in [0, 0.05) is 28.1 Å². The molecule has 0 saturated heterocycles. The summed E-state index contributed by atoms with van der Waals surface area (Å²) >= 11 is 6.87. The minimum absolute atomic E-state index is 0.0000520. The van der Waals surface area contributed by atoms with E-state index in [1.807, 2.05) is 19.1 Å². The highest BCUT2D eigenvalue weighted by Gasteiger charge is 2.11. The quantitative estimate of drug-likeness (QED) is 0.853. The minimum Gasteiger partial charge on any atom is -0.313 e. The number of rotatable bonds is 4. The Hall–Kier alpha value is -0.720. The Morgan fingerprint density at radius 3 is 2.70 bits per heavy atom. The lowest BCUT2D eigenvalue weighted by molar-refractivity contribution is 0.525. The van der Waals surface area contributed by atoms with E-state index in [0.29, 0.717) is 23.5 Å². The van der Waals surface area contributed by atoms with E-state index in [9.17, 15) is 4.79 Å². The van der Waals surface area contributed by atoms with Gasteiger partial charge in [0.15, 0.2) is 0 Å². The number of hydrogen-bond acceptors (Lipinski definition) is 3. The molecule has 0 radical (unpaired) electrons. The van der Waals surface area contributed by atoms with Gasteiger partial charge in [-0.2, -0.15) is 0 Å². The molecule has 0 spiro atoms. The third kappa shape index (κ3) is 3.30. The topological polar surface area (TPSA) is 46.9 Å². The molecule has 0 fully saturated rings. The Kier molecular flexibility index (Phi) is 4.99. The molecule has 1 heterocycles. The lowest BCUT2D eigenvalue weighted by atomic mass is 10.2. The Balaban J connectivity index is 2.49. The van der Waals surface area contributed by atoms with Gasteiger partial charge >= 0.3 is 0 Å². The average Bonchev–Trinajstić information content (AvgIpc) is 2.35. The van der Waals surface area contributed by atoms with E-state index in [2.05, 4.69) is 56.0 Å². The molecule has 0 bridgehead atoms. The molecule has 0 aliphatic carbocycles. The SMILES string of the molecule is Cc1nc2c(Br)cc(Br)cc2c(=O)n1CCNC(C)C. The van der Waals surface area contributed by atoms with Crippen LogP contribution in [0.3, 0.4) is 0 Å². The largest absolute Gasteiger partial charge is 0.313 e. The third-order valence-electron chi connectivity index (χ3n) is 3.06. The van der Waals surface area contributed by atoms with Gasteiger partial charge in [-0.25, -0.2) is 4.98 Å². The maximum absolute atomic E-state index is 12.6. The van der Waals surface area contributed by atoms with E-state index in [0.717, 1.165) is 21.3 Å². The molecule has 20 heavy (non-hydrogen) atoms. The van der Waals surface area contributed by atoms with Crippen LogP contribution in [-0.4, -0.2) is 22.1 Å². The molecule has 6 heteroatoms. The molecule has 0 saturated carbocycles. The summed E-state index contributed by atoms with van der Waals surface area (Å²) in [5.74, 6) is 0.732. The predicted octanol–water partition coefficient (Wildman–Crippen LogP) is 3.23. The Bertz CT molecular complexity index is 695. The van der Waals surface area contributed by atoms with Crippen LogP contribution in [0.2, 0.25) is 0 Å². The van der Waals surface area contributed by atoms with E-state index >= 15 is 0 Å². The smallest absolute Gasteiger partial charge is 0.261 e. The van der Waals surface area contributed by atoms with Crippen molar-refractivity contribution in [2.24, 2.45) is 0 Å². The minimum atomic E-state index is 0.0000520. The number of aryl methyl sites for hydroxylation is 1. The second-order valence-corrected chi connectivity index (χ2v) is 6.78. The number of fused-ring (bicyclic) bond motifs is 1. The van der Waals surface area contributed by atoms with Gasteiger partial charge in [-0.05, 0) is 35.0 Å². The van der Waals surface area contributed by atoms with E-state index < -0.39 is 0 Å². The fraction of sp³-hybridized carbons (Fsp3) is 0.429. The summed E-state index contributed by atoms with van der Waals surface area (Å²) in [7, 11) is 0. The summed E-state index contributed by atoms with van der Waals surface area (Å²) in [5.41, 5.74) is 0.712. The van der Waals surface area contributed by atoms with E-state index in [1.54, 1.807) is 4.57 Å². The van der Waals surface area contributed by atoms with Crippen LogP contribution in [0.25, 0.3) is 10.9 Å². The van der Waals surface area contributed by atoms with Crippen LogP contribution in [0.15, 0.2) is 25.9 Å². The lowest BCUT2D eigenvalue weighted by Gasteiger charge is -2.13. The summed E-state index contributed by atoms with van der Waals surface area (Å²) in [4.78, 5) is 17.1. The zero-order valence-corrected chi connectivity index (χ0v) is 14.9. The Labute approximate surface area is 134 Å². The number of nitrogens with one attached hydrogen (secondary N) is 1. The molecule has 2 rings (SSSR count). The molecule has 0 atom stereocenters. The number of nitrogens with zero attached hydrogens (tertiary/aromatic N) is 2. The van der Waals surface area contributed by atoms with E-state index in [-0.39, 0.29) is 5.56 Å². The molecule has 0 aliphatic heterocycles. The molecule has 0 amide bonds. The van der Waals surface area contributed by atoms with Gasteiger partial charge < -0.3 is 5.32 Å². The van der Waals surface area contributed by atoms with Crippen molar-refractivity contribution in [2.75, 3.05) is 6.54 Å². The van der Waals surface area contributed by atoms with Crippen molar-refractivity contribution in [3.05, 3.63) is 37.3 Å². The van der Waals surface area contributed by atoms with E-state index in [4.69, 9.17) is 0 Å². The molecule has 0 aliphatic rings. The molecule has 1 aromatic heterocycles. The molecule has 2 aromatic rings. The first-order valence-corrected chi connectivity index (χ1v) is 8.08. The fourth-order valence-corrected chi connectivity index (χ4v) is 3.40. The van der Waals surface area contributed by atoms with Crippen molar-refractivity contribution < 1.29 is 0 Å². The van der Waals surface area contributed by atoms with Crippen molar-refractivity contribution in [1.82, 2.24) is 14.9 Å². The first-order valence-electron chi connectivity index (χ1n) is 6.49. The first kappa shape index (κ1) is 15.7. The van der Waals surface area contributed by atoms with Crippen molar-refractivity contribution in [1.29, 1.82) is 0 Å². The van der Waals surface area contributed by atoms with Crippen molar-refractivity contribution in [3.63, 3.8) is 0 Å². The zero-order chi connectivity index (χ0) is 14.9. The van der Waals surface area contributed by atoms with Gasteiger partial charge in [0.2, 0.25) is 0 Å². The third-order valence-corrected chi connectivity index (χ3v) is 4.12.